The average Bonchev–Trinajstić information content (AvgIpc) is 3.83. The summed E-state index contributed by atoms with van der Waals surface area (Å²) in [4.78, 5) is 0. The first kappa shape index (κ1) is 32.1. The third kappa shape index (κ3) is 4.58. The molecule has 9 aromatic carbocycles. The SMILES string of the molecule is c1ccc(-c2ccc3c(c2)sc2c4c5cc(-c6ccccc6)ccc5n5c6ccc(-c7ccccc7)cc6sc(c6c7cc(-c8ccccc8)ccc7n3c26)c45)cc1. The number of benzene rings is 9. The van der Waals surface area contributed by atoms with Crippen molar-refractivity contribution in [2.45, 2.75) is 0 Å². The molecule has 0 saturated heterocycles. The van der Waals surface area contributed by atoms with Crippen LogP contribution in [0, 0.1) is 0 Å². The van der Waals surface area contributed by atoms with E-state index in [1.54, 1.807) is 0 Å². The number of fused-ring (bicyclic) bond motifs is 12. The molecule has 0 aliphatic rings. The lowest BCUT2D eigenvalue weighted by atomic mass is 10.0. The van der Waals surface area contributed by atoms with Gasteiger partial charge >= 0.3 is 0 Å². The van der Waals surface area contributed by atoms with E-state index in [2.05, 4.69) is 203 Å². The maximum absolute atomic E-state index is 2.58. The average molecular weight is 773 g/mol. The Bertz CT molecular complexity index is 3510. The molecule has 0 spiro atoms. The maximum atomic E-state index is 2.58. The van der Waals surface area contributed by atoms with Crippen LogP contribution in [0.25, 0.3) is 118 Å². The summed E-state index contributed by atoms with van der Waals surface area (Å²) < 4.78 is 10.3. The van der Waals surface area contributed by atoms with Gasteiger partial charge in [0.1, 0.15) is 0 Å². The molecule has 0 fully saturated rings. The van der Waals surface area contributed by atoms with Crippen molar-refractivity contribution in [1.29, 1.82) is 0 Å². The van der Waals surface area contributed by atoms with Crippen LogP contribution in [-0.4, -0.2) is 8.80 Å². The number of aromatic nitrogens is 2. The molecule has 2 nitrogen and oxygen atoms in total. The van der Waals surface area contributed by atoms with E-state index >= 15 is 0 Å². The van der Waals surface area contributed by atoms with Crippen LogP contribution in [0.5, 0.6) is 0 Å². The molecule has 0 amide bonds. The monoisotopic (exact) mass is 772 g/mol. The van der Waals surface area contributed by atoms with Crippen molar-refractivity contribution in [3.05, 3.63) is 194 Å². The summed E-state index contributed by atoms with van der Waals surface area (Å²) in [7, 11) is 0. The predicted octanol–water partition coefficient (Wildman–Crippen LogP) is 15.9. The fourth-order valence-corrected chi connectivity index (χ4v) is 12.0. The molecule has 13 rings (SSSR count). The van der Waals surface area contributed by atoms with E-state index in [1.807, 2.05) is 22.7 Å². The Labute approximate surface area is 341 Å². The van der Waals surface area contributed by atoms with Gasteiger partial charge in [0.2, 0.25) is 0 Å². The molecule has 4 heterocycles. The molecule has 4 aromatic heterocycles. The first-order valence-corrected chi connectivity index (χ1v) is 21.4. The number of hydrogen-bond acceptors (Lipinski definition) is 2. The number of hydrogen-bond donors (Lipinski definition) is 0. The summed E-state index contributed by atoms with van der Waals surface area (Å²) in [5.41, 5.74) is 17.4. The van der Waals surface area contributed by atoms with Crippen molar-refractivity contribution >= 4 is 96.1 Å². The standard InChI is InChI=1S/C54H32N2S2/c1-5-13-33(14-6-1)37-21-25-43-41(29-37)49-51-54(58-47-31-39(23-27-45(47)55(43)51)35-17-9-3-10-18-35)50-42-30-38(34-15-7-2-8-16-34)22-26-44(42)56-46-28-24-40(36-19-11-4-12-20-36)32-48(46)57-53(49)52(50)56/h1-32H. The van der Waals surface area contributed by atoms with Gasteiger partial charge in [0.05, 0.1) is 51.9 Å². The van der Waals surface area contributed by atoms with E-state index < -0.39 is 0 Å². The van der Waals surface area contributed by atoms with Crippen molar-refractivity contribution in [3.8, 4) is 44.5 Å². The highest BCUT2D eigenvalue weighted by Gasteiger charge is 2.26. The zero-order valence-corrected chi connectivity index (χ0v) is 32.8. The van der Waals surface area contributed by atoms with Gasteiger partial charge in [-0.25, -0.2) is 0 Å². The van der Waals surface area contributed by atoms with E-state index in [-0.39, 0.29) is 0 Å². The molecule has 270 valence electrons. The minimum absolute atomic E-state index is 1.23. The molecule has 0 aliphatic heterocycles. The van der Waals surface area contributed by atoms with E-state index in [9.17, 15) is 0 Å². The van der Waals surface area contributed by atoms with Crippen LogP contribution < -0.4 is 0 Å². The van der Waals surface area contributed by atoms with Gasteiger partial charge in [-0.1, -0.05) is 146 Å². The highest BCUT2D eigenvalue weighted by atomic mass is 32.1. The zero-order valence-electron chi connectivity index (χ0n) is 31.2. The van der Waals surface area contributed by atoms with Crippen LogP contribution in [0.2, 0.25) is 0 Å². The molecule has 0 aliphatic carbocycles. The van der Waals surface area contributed by atoms with Crippen molar-refractivity contribution in [1.82, 2.24) is 8.80 Å². The summed E-state index contributed by atoms with van der Waals surface area (Å²) in [5.74, 6) is 0. The van der Waals surface area contributed by atoms with Crippen LogP contribution in [0.15, 0.2) is 194 Å². The Morgan fingerprint density at radius 2 is 0.586 bits per heavy atom. The van der Waals surface area contributed by atoms with Gasteiger partial charge in [-0.15, -0.1) is 22.7 Å². The molecule has 4 heteroatoms. The Hall–Kier alpha value is -6.98. The fourth-order valence-electron chi connectivity index (χ4n) is 9.43. The first-order valence-electron chi connectivity index (χ1n) is 19.8. The van der Waals surface area contributed by atoms with Crippen molar-refractivity contribution in [2.75, 3.05) is 0 Å². The molecular weight excluding hydrogens is 741 g/mol. The predicted molar refractivity (Wildman–Crippen MR) is 251 cm³/mol. The Balaban J connectivity index is 1.27. The Morgan fingerprint density at radius 3 is 0.931 bits per heavy atom. The fraction of sp³-hybridized carbons (Fsp3) is 0. The van der Waals surface area contributed by atoms with Crippen molar-refractivity contribution in [3.63, 3.8) is 0 Å². The number of rotatable bonds is 4. The number of nitrogens with zero attached hydrogens (tertiary/aromatic N) is 2. The minimum atomic E-state index is 1.23. The summed E-state index contributed by atoms with van der Waals surface area (Å²) in [6.07, 6.45) is 0. The molecule has 0 unspecified atom stereocenters. The van der Waals surface area contributed by atoms with Gasteiger partial charge in [0.15, 0.2) is 0 Å². The van der Waals surface area contributed by atoms with Gasteiger partial charge in [-0.2, -0.15) is 0 Å². The lowest BCUT2D eigenvalue weighted by Crippen LogP contribution is -1.92. The van der Waals surface area contributed by atoms with Crippen LogP contribution in [0.4, 0.5) is 0 Å². The summed E-state index contributed by atoms with van der Waals surface area (Å²) in [5, 5.41) is 5.22. The summed E-state index contributed by atoms with van der Waals surface area (Å²) >= 11 is 3.88. The molecule has 0 saturated carbocycles. The largest absolute Gasteiger partial charge is 0.306 e. The lowest BCUT2D eigenvalue weighted by molar-refractivity contribution is 1.35. The third-order valence-electron chi connectivity index (χ3n) is 12.1. The molecule has 0 bridgehead atoms. The Morgan fingerprint density at radius 1 is 0.276 bits per heavy atom. The van der Waals surface area contributed by atoms with Crippen LogP contribution in [0.1, 0.15) is 0 Å². The topological polar surface area (TPSA) is 8.82 Å². The maximum Gasteiger partial charge on any atom is 0.0736 e. The second kappa shape index (κ2) is 12.3. The second-order valence-corrected chi connectivity index (χ2v) is 17.4. The van der Waals surface area contributed by atoms with Crippen LogP contribution in [0.3, 0.4) is 0 Å². The van der Waals surface area contributed by atoms with Crippen molar-refractivity contribution < 1.29 is 0 Å². The summed E-state index contributed by atoms with van der Waals surface area (Å²) in [6.45, 7) is 0. The molecule has 13 aromatic rings. The van der Waals surface area contributed by atoms with Crippen LogP contribution in [-0.2, 0) is 0 Å². The minimum Gasteiger partial charge on any atom is -0.306 e. The molecule has 58 heavy (non-hydrogen) atoms. The zero-order chi connectivity index (χ0) is 37.9. The van der Waals surface area contributed by atoms with Crippen LogP contribution >= 0.6 is 22.7 Å². The van der Waals surface area contributed by atoms with Gasteiger partial charge in [-0.05, 0) is 93.0 Å². The van der Waals surface area contributed by atoms with Gasteiger partial charge in [0, 0.05) is 21.5 Å². The normalized spacial score (nSPS) is 12.1. The van der Waals surface area contributed by atoms with E-state index in [1.165, 1.54) is 118 Å². The highest BCUT2D eigenvalue weighted by Crippen LogP contribution is 2.51. The lowest BCUT2D eigenvalue weighted by Gasteiger charge is -2.13. The smallest absolute Gasteiger partial charge is 0.0736 e. The van der Waals surface area contributed by atoms with Gasteiger partial charge in [-0.3, -0.25) is 0 Å². The van der Waals surface area contributed by atoms with Crippen molar-refractivity contribution in [2.24, 2.45) is 0 Å². The summed E-state index contributed by atoms with van der Waals surface area (Å²) in [6, 6.07) is 71.5. The quantitative estimate of drug-likeness (QED) is 0.158. The van der Waals surface area contributed by atoms with Gasteiger partial charge in [0.25, 0.3) is 0 Å². The van der Waals surface area contributed by atoms with E-state index in [0.29, 0.717) is 0 Å². The van der Waals surface area contributed by atoms with Gasteiger partial charge < -0.3 is 8.80 Å². The molecule has 0 radical (unpaired) electrons. The highest BCUT2D eigenvalue weighted by molar-refractivity contribution is 7.27. The first-order chi connectivity index (χ1) is 28.8. The van der Waals surface area contributed by atoms with E-state index in [4.69, 9.17) is 0 Å². The molecule has 0 atom stereocenters. The third-order valence-corrected chi connectivity index (χ3v) is 14.4. The Kier molecular flexibility index (Phi) is 6.79. The van der Waals surface area contributed by atoms with E-state index in [0.717, 1.165) is 0 Å². The second-order valence-electron chi connectivity index (χ2n) is 15.3. The molecular formula is C54H32N2S2. The molecule has 0 N–H and O–H groups in total.